The van der Waals surface area contributed by atoms with E-state index in [0.717, 1.165) is 16.7 Å². The van der Waals surface area contributed by atoms with E-state index in [1.54, 1.807) is 4.68 Å². The van der Waals surface area contributed by atoms with Crippen molar-refractivity contribution in [3.05, 3.63) is 76.6 Å². The van der Waals surface area contributed by atoms with Crippen LogP contribution in [0.1, 0.15) is 87.1 Å². The molecule has 2 unspecified atom stereocenters. The molecule has 0 spiro atoms. The lowest BCUT2D eigenvalue weighted by molar-refractivity contribution is -0.137. The molecule has 0 aliphatic rings. The van der Waals surface area contributed by atoms with Crippen LogP contribution in [0.3, 0.4) is 0 Å². The number of aliphatic carboxylic acids is 1. The van der Waals surface area contributed by atoms with Gasteiger partial charge in [0, 0.05) is 6.04 Å². The van der Waals surface area contributed by atoms with Crippen LogP contribution in [0.25, 0.3) is 0 Å². The third-order valence-electron chi connectivity index (χ3n) is 5.51. The van der Waals surface area contributed by atoms with E-state index >= 15 is 0 Å². The Labute approximate surface area is 189 Å². The van der Waals surface area contributed by atoms with E-state index in [9.17, 15) is 9.90 Å². The van der Waals surface area contributed by atoms with Crippen LogP contribution in [0.5, 0.6) is 0 Å². The van der Waals surface area contributed by atoms with Crippen molar-refractivity contribution in [1.29, 1.82) is 0 Å². The van der Waals surface area contributed by atoms with E-state index in [-0.39, 0.29) is 18.0 Å². The summed E-state index contributed by atoms with van der Waals surface area (Å²) in [7, 11) is 0. The highest BCUT2D eigenvalue weighted by atomic mass is 16.4. The largest absolute Gasteiger partial charge is 0.481 e. The lowest BCUT2D eigenvalue weighted by Gasteiger charge is -2.28. The molecule has 0 aliphatic carbocycles. The van der Waals surface area contributed by atoms with Crippen molar-refractivity contribution in [3.8, 4) is 0 Å². The Morgan fingerprint density at radius 2 is 1.72 bits per heavy atom. The number of tetrazole rings is 1. The maximum Gasteiger partial charge on any atom is 0.305 e. The third-order valence-corrected chi connectivity index (χ3v) is 5.51. The lowest BCUT2D eigenvalue weighted by atomic mass is 9.95. The summed E-state index contributed by atoms with van der Waals surface area (Å²) >= 11 is 0. The summed E-state index contributed by atoms with van der Waals surface area (Å²) in [5, 5.41) is 25.7. The first kappa shape index (κ1) is 23.6. The number of rotatable bonds is 8. The number of nitrogens with zero attached hydrogens (tertiary/aromatic N) is 4. The second-order valence-electron chi connectivity index (χ2n) is 9.61. The predicted octanol–water partition coefficient (Wildman–Crippen LogP) is 4.75. The average Bonchev–Trinajstić information content (AvgIpc) is 3.21. The molecular weight excluding hydrogens is 402 g/mol. The number of hydrogen-bond donors (Lipinski definition) is 2. The summed E-state index contributed by atoms with van der Waals surface area (Å²) < 4.78 is 1.80. The highest BCUT2D eigenvalue weighted by Crippen LogP contribution is 2.30. The third kappa shape index (κ3) is 5.59. The van der Waals surface area contributed by atoms with Gasteiger partial charge in [-0.2, -0.15) is 0 Å². The smallest absolute Gasteiger partial charge is 0.305 e. The SMILES string of the molecule is Cc1cccc(C(CC(=O)O)NC(c2ccc(C(C)C)cc2)c2nnnn2C(C)(C)C)c1. The first-order valence-electron chi connectivity index (χ1n) is 11.0. The van der Waals surface area contributed by atoms with E-state index < -0.39 is 12.0 Å². The Kier molecular flexibility index (Phi) is 7.09. The van der Waals surface area contributed by atoms with Crippen molar-refractivity contribution in [2.45, 2.75) is 71.5 Å². The van der Waals surface area contributed by atoms with Gasteiger partial charge in [-0.05, 0) is 60.7 Å². The van der Waals surface area contributed by atoms with Gasteiger partial charge in [0.05, 0.1) is 18.0 Å². The molecule has 2 aromatic carbocycles. The Morgan fingerprint density at radius 1 is 1.06 bits per heavy atom. The van der Waals surface area contributed by atoms with Crippen LogP contribution in [-0.4, -0.2) is 31.3 Å². The monoisotopic (exact) mass is 435 g/mol. The van der Waals surface area contributed by atoms with E-state index in [0.29, 0.717) is 11.7 Å². The zero-order valence-electron chi connectivity index (χ0n) is 19.7. The molecule has 0 saturated carbocycles. The highest BCUT2D eigenvalue weighted by molar-refractivity contribution is 5.68. The molecule has 0 saturated heterocycles. The second kappa shape index (κ2) is 9.61. The summed E-state index contributed by atoms with van der Waals surface area (Å²) in [5.74, 6) is 0.202. The molecule has 3 rings (SSSR count). The molecular formula is C25H33N5O2. The fraction of sp³-hybridized carbons (Fsp3) is 0.440. The molecule has 32 heavy (non-hydrogen) atoms. The molecule has 7 heteroatoms. The summed E-state index contributed by atoms with van der Waals surface area (Å²) in [6.07, 6.45) is -0.0544. The molecule has 0 radical (unpaired) electrons. The zero-order valence-corrected chi connectivity index (χ0v) is 19.7. The van der Waals surface area contributed by atoms with Crippen LogP contribution in [-0.2, 0) is 10.3 Å². The van der Waals surface area contributed by atoms with Gasteiger partial charge in [-0.1, -0.05) is 67.9 Å². The molecule has 3 aromatic rings. The van der Waals surface area contributed by atoms with Crippen molar-refractivity contribution >= 4 is 5.97 Å². The van der Waals surface area contributed by atoms with Gasteiger partial charge in [-0.15, -0.1) is 5.10 Å². The number of nitrogens with one attached hydrogen (secondary N) is 1. The molecule has 0 bridgehead atoms. The van der Waals surface area contributed by atoms with Crippen molar-refractivity contribution in [2.24, 2.45) is 0 Å². The number of carbonyl (C=O) groups is 1. The number of carboxylic acids is 1. The lowest BCUT2D eigenvalue weighted by Crippen LogP contribution is -2.34. The number of aromatic nitrogens is 4. The van der Waals surface area contributed by atoms with Crippen molar-refractivity contribution in [3.63, 3.8) is 0 Å². The fourth-order valence-corrected chi connectivity index (χ4v) is 3.78. The predicted molar refractivity (Wildman–Crippen MR) is 124 cm³/mol. The van der Waals surface area contributed by atoms with E-state index in [4.69, 9.17) is 0 Å². The highest BCUT2D eigenvalue weighted by Gasteiger charge is 2.30. The zero-order chi connectivity index (χ0) is 23.5. The minimum Gasteiger partial charge on any atom is -0.481 e. The molecule has 170 valence electrons. The van der Waals surface area contributed by atoms with Gasteiger partial charge in [-0.25, -0.2) is 4.68 Å². The number of benzene rings is 2. The number of carboxylic acid groups (broad SMARTS) is 1. The van der Waals surface area contributed by atoms with Crippen molar-refractivity contribution in [2.75, 3.05) is 0 Å². The maximum atomic E-state index is 11.7. The van der Waals surface area contributed by atoms with Gasteiger partial charge in [0.15, 0.2) is 5.82 Å². The molecule has 0 fully saturated rings. The number of hydrogen-bond acceptors (Lipinski definition) is 5. The van der Waals surface area contributed by atoms with Crippen LogP contribution in [0.4, 0.5) is 0 Å². The van der Waals surface area contributed by atoms with Crippen LogP contribution < -0.4 is 5.32 Å². The molecule has 0 aliphatic heterocycles. The number of aryl methyl sites for hydroxylation is 1. The molecule has 2 N–H and O–H groups in total. The van der Waals surface area contributed by atoms with Gasteiger partial charge in [0.1, 0.15) is 0 Å². The molecule has 1 aromatic heterocycles. The Balaban J connectivity index is 2.08. The molecule has 0 amide bonds. The fourth-order valence-electron chi connectivity index (χ4n) is 3.78. The summed E-state index contributed by atoms with van der Waals surface area (Å²) in [5.41, 5.74) is 3.90. The van der Waals surface area contributed by atoms with Crippen molar-refractivity contribution < 1.29 is 9.90 Å². The topological polar surface area (TPSA) is 92.9 Å². The van der Waals surface area contributed by atoms with E-state index in [1.165, 1.54) is 5.56 Å². The standard InChI is InChI=1S/C25H33N5O2/c1-16(2)18-10-12-19(13-11-18)23(24-27-28-29-30(24)25(4,5)6)26-21(15-22(31)32)20-9-7-8-17(3)14-20/h7-14,16,21,23,26H,15H2,1-6H3,(H,31,32). The van der Waals surface area contributed by atoms with E-state index in [2.05, 4.69) is 59.0 Å². The van der Waals surface area contributed by atoms with Crippen LogP contribution in [0, 0.1) is 6.92 Å². The van der Waals surface area contributed by atoms with Gasteiger partial charge in [-0.3, -0.25) is 10.1 Å². The molecule has 1 heterocycles. The van der Waals surface area contributed by atoms with Gasteiger partial charge in [0.2, 0.25) is 0 Å². The van der Waals surface area contributed by atoms with Gasteiger partial charge < -0.3 is 5.11 Å². The first-order valence-corrected chi connectivity index (χ1v) is 11.0. The molecule has 2 atom stereocenters. The van der Waals surface area contributed by atoms with Gasteiger partial charge >= 0.3 is 5.97 Å². The van der Waals surface area contributed by atoms with Crippen LogP contribution >= 0.6 is 0 Å². The second-order valence-corrected chi connectivity index (χ2v) is 9.61. The van der Waals surface area contributed by atoms with E-state index in [1.807, 2.05) is 52.0 Å². The Hall–Kier alpha value is -3.06. The molecule has 7 nitrogen and oxygen atoms in total. The van der Waals surface area contributed by atoms with Crippen molar-refractivity contribution in [1.82, 2.24) is 25.5 Å². The summed E-state index contributed by atoms with van der Waals surface area (Å²) in [6.45, 7) is 12.4. The average molecular weight is 436 g/mol. The first-order chi connectivity index (χ1) is 15.1. The van der Waals surface area contributed by atoms with Gasteiger partial charge in [0.25, 0.3) is 0 Å². The minimum atomic E-state index is -0.867. The van der Waals surface area contributed by atoms with Crippen LogP contribution in [0.15, 0.2) is 48.5 Å². The summed E-state index contributed by atoms with van der Waals surface area (Å²) in [6, 6.07) is 15.5. The maximum absolute atomic E-state index is 11.7. The Bertz CT molecular complexity index is 1050. The summed E-state index contributed by atoms with van der Waals surface area (Å²) in [4.78, 5) is 11.7. The Morgan fingerprint density at radius 3 is 2.28 bits per heavy atom. The normalized spacial score (nSPS) is 13.8. The minimum absolute atomic E-state index is 0.0544. The van der Waals surface area contributed by atoms with Crippen LogP contribution in [0.2, 0.25) is 0 Å². The quantitative estimate of drug-likeness (QED) is 0.530.